The Morgan fingerprint density at radius 3 is 2.70 bits per heavy atom. The molecule has 1 heterocycles. The van der Waals surface area contributed by atoms with Crippen molar-refractivity contribution in [2.24, 2.45) is 0 Å². The van der Waals surface area contributed by atoms with Crippen LogP contribution in [0.5, 0.6) is 0 Å². The molecule has 0 bridgehead atoms. The number of ether oxygens (including phenoxy) is 1. The van der Waals surface area contributed by atoms with Crippen molar-refractivity contribution in [3.63, 3.8) is 0 Å². The van der Waals surface area contributed by atoms with Gasteiger partial charge in [-0.25, -0.2) is 0 Å². The Morgan fingerprint density at radius 1 is 1.40 bits per heavy atom. The van der Waals surface area contributed by atoms with Crippen LogP contribution < -0.4 is 5.32 Å². The molecule has 1 N–H and O–H groups in total. The zero-order chi connectivity index (χ0) is 15.0. The summed E-state index contributed by atoms with van der Waals surface area (Å²) < 4.78 is 9.90. The van der Waals surface area contributed by atoms with Crippen LogP contribution in [0.25, 0.3) is 0 Å². The molecule has 0 radical (unpaired) electrons. The highest BCUT2D eigenvalue weighted by atomic mass is 16.5. The van der Waals surface area contributed by atoms with E-state index in [-0.39, 0.29) is 24.3 Å². The summed E-state index contributed by atoms with van der Waals surface area (Å²) in [5.74, 6) is -0.226. The summed E-state index contributed by atoms with van der Waals surface area (Å²) in [7, 11) is 1.58. The average molecular weight is 282 g/mol. The molecule has 1 aromatic rings. The number of carbonyl (C=O) groups is 2. The number of hydrogen-bond acceptors (Lipinski definition) is 4. The molecule has 0 aliphatic rings. The maximum atomic E-state index is 12.2. The van der Waals surface area contributed by atoms with Crippen molar-refractivity contribution in [3.05, 3.63) is 24.2 Å². The molecule has 1 rings (SSSR count). The molecule has 0 fully saturated rings. The van der Waals surface area contributed by atoms with Crippen molar-refractivity contribution in [1.82, 2.24) is 10.2 Å². The smallest absolute Gasteiger partial charge is 0.257 e. The Hall–Kier alpha value is -1.82. The molecule has 0 saturated carbocycles. The van der Waals surface area contributed by atoms with E-state index in [1.807, 2.05) is 13.8 Å². The van der Waals surface area contributed by atoms with E-state index in [0.29, 0.717) is 25.3 Å². The summed E-state index contributed by atoms with van der Waals surface area (Å²) in [6.45, 7) is 5.02. The van der Waals surface area contributed by atoms with Gasteiger partial charge >= 0.3 is 0 Å². The number of nitrogens with zero attached hydrogens (tertiary/aromatic N) is 1. The van der Waals surface area contributed by atoms with Crippen LogP contribution in [0.1, 0.15) is 30.6 Å². The summed E-state index contributed by atoms with van der Waals surface area (Å²) in [6.07, 6.45) is 3.12. The zero-order valence-electron chi connectivity index (χ0n) is 12.2. The SMILES string of the molecule is COCCN(CCC(=O)NC(C)C)C(=O)c1ccoc1. The van der Waals surface area contributed by atoms with Gasteiger partial charge in [0.05, 0.1) is 18.4 Å². The summed E-state index contributed by atoms with van der Waals surface area (Å²) >= 11 is 0. The summed E-state index contributed by atoms with van der Waals surface area (Å²) in [5.41, 5.74) is 0.477. The molecular formula is C14H22N2O4. The minimum Gasteiger partial charge on any atom is -0.472 e. The number of hydrogen-bond donors (Lipinski definition) is 1. The molecule has 20 heavy (non-hydrogen) atoms. The first-order valence-corrected chi connectivity index (χ1v) is 6.64. The third-order valence-electron chi connectivity index (χ3n) is 2.68. The Bertz CT molecular complexity index is 415. The Balaban J connectivity index is 2.56. The molecule has 0 saturated heterocycles. The highest BCUT2D eigenvalue weighted by molar-refractivity contribution is 5.94. The third-order valence-corrected chi connectivity index (χ3v) is 2.68. The van der Waals surface area contributed by atoms with Crippen LogP contribution in [0, 0.1) is 0 Å². The monoisotopic (exact) mass is 282 g/mol. The molecule has 0 aliphatic carbocycles. The van der Waals surface area contributed by atoms with Crippen LogP contribution in [0.4, 0.5) is 0 Å². The topological polar surface area (TPSA) is 71.8 Å². The van der Waals surface area contributed by atoms with Crippen LogP contribution in [-0.2, 0) is 9.53 Å². The van der Waals surface area contributed by atoms with Gasteiger partial charge in [-0.15, -0.1) is 0 Å². The quantitative estimate of drug-likeness (QED) is 0.779. The van der Waals surface area contributed by atoms with Crippen molar-refractivity contribution in [3.8, 4) is 0 Å². The highest BCUT2D eigenvalue weighted by Gasteiger charge is 2.17. The second-order valence-corrected chi connectivity index (χ2v) is 4.77. The summed E-state index contributed by atoms with van der Waals surface area (Å²) in [6, 6.07) is 1.70. The van der Waals surface area contributed by atoms with Crippen molar-refractivity contribution >= 4 is 11.8 Å². The number of nitrogens with one attached hydrogen (secondary N) is 1. The second kappa shape index (κ2) is 8.37. The van der Waals surface area contributed by atoms with Crippen LogP contribution in [0.2, 0.25) is 0 Å². The van der Waals surface area contributed by atoms with Gasteiger partial charge in [-0.3, -0.25) is 9.59 Å². The van der Waals surface area contributed by atoms with Gasteiger partial charge in [0.1, 0.15) is 6.26 Å². The van der Waals surface area contributed by atoms with E-state index < -0.39 is 0 Å². The van der Waals surface area contributed by atoms with Crippen molar-refractivity contribution in [1.29, 1.82) is 0 Å². The lowest BCUT2D eigenvalue weighted by Gasteiger charge is -2.21. The molecule has 0 unspecified atom stereocenters. The molecule has 6 heteroatoms. The van der Waals surface area contributed by atoms with Gasteiger partial charge < -0.3 is 19.4 Å². The molecule has 0 atom stereocenters. The zero-order valence-corrected chi connectivity index (χ0v) is 12.2. The molecule has 6 nitrogen and oxygen atoms in total. The predicted octanol–water partition coefficient (Wildman–Crippen LogP) is 1.28. The number of methoxy groups -OCH3 is 1. The van der Waals surface area contributed by atoms with E-state index in [9.17, 15) is 9.59 Å². The van der Waals surface area contributed by atoms with E-state index in [2.05, 4.69) is 5.32 Å². The first kappa shape index (κ1) is 16.2. The van der Waals surface area contributed by atoms with E-state index in [1.165, 1.54) is 12.5 Å². The van der Waals surface area contributed by atoms with Gasteiger partial charge in [-0.1, -0.05) is 0 Å². The fourth-order valence-corrected chi connectivity index (χ4v) is 1.72. The van der Waals surface area contributed by atoms with E-state index >= 15 is 0 Å². The van der Waals surface area contributed by atoms with Crippen LogP contribution in [0.3, 0.4) is 0 Å². The molecule has 0 aliphatic heterocycles. The standard InChI is InChI=1S/C14H22N2O4/c1-11(2)15-13(17)4-6-16(7-9-19-3)14(18)12-5-8-20-10-12/h5,8,10-11H,4,6-7,9H2,1-3H3,(H,15,17). The Kier molecular flexibility index (Phi) is 6.79. The van der Waals surface area contributed by atoms with Gasteiger partial charge in [0.2, 0.25) is 5.91 Å². The lowest BCUT2D eigenvalue weighted by Crippen LogP contribution is -2.38. The second-order valence-electron chi connectivity index (χ2n) is 4.77. The van der Waals surface area contributed by atoms with Gasteiger partial charge in [0.15, 0.2) is 0 Å². The number of carbonyl (C=O) groups excluding carboxylic acids is 2. The third kappa shape index (κ3) is 5.44. The van der Waals surface area contributed by atoms with E-state index in [0.717, 1.165) is 0 Å². The Labute approximate surface area is 119 Å². The first-order valence-electron chi connectivity index (χ1n) is 6.64. The van der Waals surface area contributed by atoms with Gasteiger partial charge in [-0.05, 0) is 19.9 Å². The average Bonchev–Trinajstić information content (AvgIpc) is 2.91. The first-order chi connectivity index (χ1) is 9.54. The fraction of sp³-hybridized carbons (Fsp3) is 0.571. The van der Waals surface area contributed by atoms with E-state index in [4.69, 9.17) is 9.15 Å². The largest absolute Gasteiger partial charge is 0.472 e. The van der Waals surface area contributed by atoms with Gasteiger partial charge in [0, 0.05) is 32.7 Å². The lowest BCUT2D eigenvalue weighted by atomic mass is 10.2. The van der Waals surface area contributed by atoms with E-state index in [1.54, 1.807) is 18.1 Å². The van der Waals surface area contributed by atoms with Crippen molar-refractivity contribution < 1.29 is 18.7 Å². The van der Waals surface area contributed by atoms with Crippen LogP contribution in [0.15, 0.2) is 23.0 Å². The summed E-state index contributed by atoms with van der Waals surface area (Å²) in [5, 5.41) is 2.80. The maximum Gasteiger partial charge on any atom is 0.257 e. The van der Waals surface area contributed by atoms with Crippen molar-refractivity contribution in [2.75, 3.05) is 26.8 Å². The lowest BCUT2D eigenvalue weighted by molar-refractivity contribution is -0.121. The molecule has 0 spiro atoms. The summed E-state index contributed by atoms with van der Waals surface area (Å²) in [4.78, 5) is 25.5. The minimum atomic E-state index is -0.159. The number of furan rings is 1. The van der Waals surface area contributed by atoms with Crippen LogP contribution >= 0.6 is 0 Å². The predicted molar refractivity (Wildman–Crippen MR) is 74.4 cm³/mol. The number of amides is 2. The Morgan fingerprint density at radius 2 is 2.15 bits per heavy atom. The normalized spacial score (nSPS) is 10.6. The fourth-order valence-electron chi connectivity index (χ4n) is 1.72. The molecule has 2 amide bonds. The molecule has 112 valence electrons. The maximum absolute atomic E-state index is 12.2. The van der Waals surface area contributed by atoms with Gasteiger partial charge in [0.25, 0.3) is 5.91 Å². The number of rotatable bonds is 8. The van der Waals surface area contributed by atoms with Crippen LogP contribution in [-0.4, -0.2) is 49.6 Å². The minimum absolute atomic E-state index is 0.0672. The molecule has 1 aromatic heterocycles. The van der Waals surface area contributed by atoms with Crippen molar-refractivity contribution in [2.45, 2.75) is 26.3 Å². The van der Waals surface area contributed by atoms with Gasteiger partial charge in [-0.2, -0.15) is 0 Å². The molecular weight excluding hydrogens is 260 g/mol. The molecule has 0 aromatic carbocycles. The highest BCUT2D eigenvalue weighted by Crippen LogP contribution is 2.06.